The predicted octanol–water partition coefficient (Wildman–Crippen LogP) is 0.615. The van der Waals surface area contributed by atoms with Crippen LogP contribution in [0.2, 0.25) is 0 Å². The van der Waals surface area contributed by atoms with Crippen LogP contribution in [0.25, 0.3) is 0 Å². The first kappa shape index (κ1) is 7.98. The van der Waals surface area contributed by atoms with Gasteiger partial charge in [-0.25, -0.2) is 0 Å². The maximum Gasteiger partial charge on any atom is 0.295 e. The summed E-state index contributed by atoms with van der Waals surface area (Å²) < 4.78 is 0. The van der Waals surface area contributed by atoms with Gasteiger partial charge in [0.2, 0.25) is 5.78 Å². The molecule has 0 bridgehead atoms. The number of hydrogen-bond donors (Lipinski definition) is 1. The summed E-state index contributed by atoms with van der Waals surface area (Å²) in [6.07, 6.45) is 1.36. The Labute approximate surface area is 65.5 Å². The van der Waals surface area contributed by atoms with E-state index in [1.165, 1.54) is 6.08 Å². The zero-order chi connectivity index (χ0) is 8.65. The number of hydrogen-bond acceptors (Lipinski definition) is 2. The average Bonchev–Trinajstić information content (AvgIpc) is 2.11. The number of carbonyl (C=O) groups excluding carboxylic acids is 2. The van der Waals surface area contributed by atoms with Crippen LogP contribution in [0.5, 0.6) is 0 Å². The standard InChI is InChI=1S/C8H11NO2/c1-8(2,3)6-4-5(10)7(11)9-6/h4H,1-3H3,(H,9,10,11). The summed E-state index contributed by atoms with van der Waals surface area (Å²) in [6, 6.07) is 0. The van der Waals surface area contributed by atoms with Gasteiger partial charge in [-0.2, -0.15) is 0 Å². The Kier molecular flexibility index (Phi) is 1.59. The Bertz CT molecular complexity index is 245. The number of ketones is 1. The fourth-order valence-electron chi connectivity index (χ4n) is 0.821. The van der Waals surface area contributed by atoms with Crippen LogP contribution in [0.4, 0.5) is 0 Å². The topological polar surface area (TPSA) is 46.2 Å². The van der Waals surface area contributed by atoms with Gasteiger partial charge in [0.15, 0.2) is 0 Å². The number of nitrogens with one attached hydrogen (secondary N) is 1. The smallest absolute Gasteiger partial charge is 0.295 e. The van der Waals surface area contributed by atoms with Crippen molar-refractivity contribution in [2.75, 3.05) is 0 Å². The molecule has 0 saturated carbocycles. The van der Waals surface area contributed by atoms with Gasteiger partial charge in [-0.05, 0) is 0 Å². The van der Waals surface area contributed by atoms with Crippen molar-refractivity contribution in [1.29, 1.82) is 0 Å². The average molecular weight is 153 g/mol. The minimum atomic E-state index is -0.519. The van der Waals surface area contributed by atoms with Crippen molar-refractivity contribution in [3.05, 3.63) is 11.8 Å². The molecule has 1 N–H and O–H groups in total. The second-order valence-electron chi connectivity index (χ2n) is 3.63. The molecule has 60 valence electrons. The third-order valence-electron chi connectivity index (χ3n) is 1.56. The van der Waals surface area contributed by atoms with E-state index in [2.05, 4.69) is 5.32 Å². The molecule has 1 aliphatic rings. The summed E-state index contributed by atoms with van der Waals surface area (Å²) in [5.74, 6) is -0.968. The fraction of sp³-hybridized carbons (Fsp3) is 0.500. The molecule has 3 heteroatoms. The molecule has 0 saturated heterocycles. The largest absolute Gasteiger partial charge is 0.322 e. The van der Waals surface area contributed by atoms with E-state index in [0.717, 1.165) is 0 Å². The van der Waals surface area contributed by atoms with Crippen molar-refractivity contribution in [2.24, 2.45) is 5.41 Å². The van der Waals surface area contributed by atoms with Crippen LogP contribution < -0.4 is 5.32 Å². The molecule has 0 aliphatic carbocycles. The highest BCUT2D eigenvalue weighted by Gasteiger charge is 2.28. The van der Waals surface area contributed by atoms with E-state index in [1.807, 2.05) is 20.8 Å². The summed E-state index contributed by atoms with van der Waals surface area (Å²) in [5, 5.41) is 2.52. The number of rotatable bonds is 0. The fourth-order valence-corrected chi connectivity index (χ4v) is 0.821. The molecule has 0 aromatic rings. The summed E-state index contributed by atoms with van der Waals surface area (Å²) >= 11 is 0. The lowest BCUT2D eigenvalue weighted by Crippen LogP contribution is -2.26. The lowest BCUT2D eigenvalue weighted by atomic mass is 9.92. The van der Waals surface area contributed by atoms with Gasteiger partial charge in [0.05, 0.1) is 0 Å². The quantitative estimate of drug-likeness (QED) is 0.518. The SMILES string of the molecule is CC(C)(C)C1=CC(=O)C(=O)N1. The van der Waals surface area contributed by atoms with E-state index >= 15 is 0 Å². The van der Waals surface area contributed by atoms with Crippen LogP contribution >= 0.6 is 0 Å². The van der Waals surface area contributed by atoms with Crippen LogP contribution in [0, 0.1) is 5.41 Å². The third-order valence-corrected chi connectivity index (χ3v) is 1.56. The van der Waals surface area contributed by atoms with E-state index in [9.17, 15) is 9.59 Å². The predicted molar refractivity (Wildman–Crippen MR) is 40.7 cm³/mol. The van der Waals surface area contributed by atoms with Gasteiger partial charge in [0.25, 0.3) is 5.91 Å². The minimum Gasteiger partial charge on any atom is -0.322 e. The van der Waals surface area contributed by atoms with Crippen molar-refractivity contribution in [2.45, 2.75) is 20.8 Å². The van der Waals surface area contributed by atoms with Crippen LogP contribution in [0.3, 0.4) is 0 Å². The second-order valence-corrected chi connectivity index (χ2v) is 3.63. The van der Waals surface area contributed by atoms with Crippen LogP contribution in [0.1, 0.15) is 20.8 Å². The molecule has 0 unspecified atom stereocenters. The molecule has 1 heterocycles. The molecule has 0 aromatic carbocycles. The minimum absolute atomic E-state index is 0.151. The molecule has 0 spiro atoms. The van der Waals surface area contributed by atoms with E-state index in [4.69, 9.17) is 0 Å². The van der Waals surface area contributed by atoms with Crippen LogP contribution in [-0.4, -0.2) is 11.7 Å². The molecule has 0 aromatic heterocycles. The highest BCUT2D eigenvalue weighted by atomic mass is 16.2. The second kappa shape index (κ2) is 2.19. The van der Waals surface area contributed by atoms with Crippen molar-refractivity contribution >= 4 is 11.7 Å². The van der Waals surface area contributed by atoms with Crippen molar-refractivity contribution in [3.63, 3.8) is 0 Å². The van der Waals surface area contributed by atoms with Crippen molar-refractivity contribution in [3.8, 4) is 0 Å². The number of allylic oxidation sites excluding steroid dienone is 1. The van der Waals surface area contributed by atoms with Crippen LogP contribution in [0.15, 0.2) is 11.8 Å². The molecule has 1 amide bonds. The molecular weight excluding hydrogens is 142 g/mol. The van der Waals surface area contributed by atoms with Gasteiger partial charge < -0.3 is 5.32 Å². The number of carbonyl (C=O) groups is 2. The van der Waals surface area contributed by atoms with Gasteiger partial charge in [-0.3, -0.25) is 9.59 Å². The Balaban J connectivity index is 2.88. The molecule has 1 aliphatic heterocycles. The molecule has 0 fully saturated rings. The monoisotopic (exact) mass is 153 g/mol. The summed E-state index contributed by atoms with van der Waals surface area (Å²) in [4.78, 5) is 21.5. The lowest BCUT2D eigenvalue weighted by Gasteiger charge is -2.19. The van der Waals surface area contributed by atoms with E-state index in [0.29, 0.717) is 5.70 Å². The first-order valence-electron chi connectivity index (χ1n) is 3.49. The Hall–Kier alpha value is -1.12. The maximum atomic E-state index is 10.7. The molecule has 0 radical (unpaired) electrons. The van der Waals surface area contributed by atoms with Gasteiger partial charge in [0, 0.05) is 17.2 Å². The van der Waals surface area contributed by atoms with E-state index in [1.54, 1.807) is 0 Å². The highest BCUT2D eigenvalue weighted by molar-refractivity contribution is 6.43. The summed E-state index contributed by atoms with van der Waals surface area (Å²) in [7, 11) is 0. The van der Waals surface area contributed by atoms with Gasteiger partial charge >= 0.3 is 0 Å². The highest BCUT2D eigenvalue weighted by Crippen LogP contribution is 2.24. The maximum absolute atomic E-state index is 10.7. The zero-order valence-corrected chi connectivity index (χ0v) is 6.89. The van der Waals surface area contributed by atoms with Gasteiger partial charge in [0.1, 0.15) is 0 Å². The Morgan fingerprint density at radius 1 is 1.27 bits per heavy atom. The Morgan fingerprint density at radius 2 is 1.82 bits per heavy atom. The molecule has 11 heavy (non-hydrogen) atoms. The molecule has 1 rings (SSSR count). The van der Waals surface area contributed by atoms with Gasteiger partial charge in [-0.15, -0.1) is 0 Å². The summed E-state index contributed by atoms with van der Waals surface area (Å²) in [6.45, 7) is 5.83. The summed E-state index contributed by atoms with van der Waals surface area (Å²) in [5.41, 5.74) is 0.550. The Morgan fingerprint density at radius 3 is 2.00 bits per heavy atom. The third kappa shape index (κ3) is 1.48. The first-order valence-corrected chi connectivity index (χ1v) is 3.49. The molecule has 3 nitrogen and oxygen atoms in total. The molecular formula is C8H11NO2. The first-order chi connectivity index (χ1) is 4.91. The van der Waals surface area contributed by atoms with Gasteiger partial charge in [-0.1, -0.05) is 20.8 Å². The zero-order valence-electron chi connectivity index (χ0n) is 6.89. The van der Waals surface area contributed by atoms with E-state index in [-0.39, 0.29) is 5.41 Å². The van der Waals surface area contributed by atoms with Crippen LogP contribution in [-0.2, 0) is 9.59 Å². The van der Waals surface area contributed by atoms with Crippen molar-refractivity contribution < 1.29 is 9.59 Å². The van der Waals surface area contributed by atoms with E-state index < -0.39 is 11.7 Å². The number of amides is 1. The molecule has 0 atom stereocenters. The lowest BCUT2D eigenvalue weighted by molar-refractivity contribution is -0.133. The normalized spacial score (nSPS) is 18.3. The van der Waals surface area contributed by atoms with Crippen molar-refractivity contribution in [1.82, 2.24) is 5.32 Å².